The standard InChI is InChI=1S/C29H31N3O6S.C28H29N3O5S.C28H27N3O5S.C27H28ClN3O5S.4H2/c1-28(2)37-24-13-10-20(17-25(24)38-28)29(14-15-29)27(34)31-26-7-3-6-23(30-26)19-8-11-22(12-9-19)39(35,36)32-16-4-5-21(32)18-33;2*32-18-22-3-2-15-31(22)37(34,35)23-9-6-19(7-10-23)24-4-1-5-26(29-24)30-27(33)28(13-14-28)21-8-11-25-20(17-21)12-16-36-25;1-36-24-12-9-19(16-22(24)28)27(13-14-27)26(33)30-25-6-2-5-23(29-25)18-7-10-21(11-8-18)37(34,35)31-15-3-4-20(31)17-32;;;;/h3,6-13,17,21,33H,4-5,14-16,18H2,1-2H3,(H,30,31,34);1,4-11,17,22,32H,2-3,12-16,18H2,(H,29,30,33);1,4-12,16-17,22,32H,2-3,13-15,18H2,(H,29,30,33);2,5-12,16,20,32H,3-4,13-15,17H2,1H3,(H,29,30,33);4*1H/t21-;2*22-;20-;;;;/m1111..../s1. The van der Waals surface area contributed by atoms with Gasteiger partial charge in [0.1, 0.15) is 40.4 Å². The summed E-state index contributed by atoms with van der Waals surface area (Å²) in [5.41, 5.74) is 8.67. The molecular weight excluding hydrogens is 2010 g/mol. The average molecular weight is 2140 g/mol. The van der Waals surface area contributed by atoms with Gasteiger partial charge >= 0.3 is 0 Å². The summed E-state index contributed by atoms with van der Waals surface area (Å²) in [5, 5.41) is 51.5. The van der Waals surface area contributed by atoms with Gasteiger partial charge in [-0.15, -0.1) is 0 Å². The number of aromatic nitrogens is 4. The minimum absolute atomic E-state index is 0. The van der Waals surface area contributed by atoms with Crippen molar-refractivity contribution in [2.75, 3.05) is 87.6 Å². The Hall–Kier alpha value is -13.3. The van der Waals surface area contributed by atoms with Crippen LogP contribution in [0.4, 0.5) is 23.3 Å². The van der Waals surface area contributed by atoms with Gasteiger partial charge in [-0.05, 0) is 276 Å². The van der Waals surface area contributed by atoms with Crippen molar-refractivity contribution >= 4 is 110 Å². The van der Waals surface area contributed by atoms with E-state index in [4.69, 9.17) is 35.0 Å². The van der Waals surface area contributed by atoms with Gasteiger partial charge in [0, 0.05) is 104 Å². The van der Waals surface area contributed by atoms with Gasteiger partial charge in [-0.3, -0.25) is 19.2 Å². The van der Waals surface area contributed by atoms with E-state index in [2.05, 4.69) is 47.3 Å². The van der Waals surface area contributed by atoms with Gasteiger partial charge in [0.15, 0.2) is 11.5 Å². The van der Waals surface area contributed by atoms with Crippen molar-refractivity contribution < 1.29 is 102 Å². The number of benzene rings is 8. The molecule has 8 fully saturated rings. The molecule has 8 N–H and O–H groups in total. The first-order valence-electron chi connectivity index (χ1n) is 50.4. The van der Waals surface area contributed by atoms with E-state index < -0.39 is 67.5 Å². The topological polar surface area (TPSA) is 448 Å². The number of nitrogens with zero attached hydrogens (tertiary/aromatic N) is 8. The van der Waals surface area contributed by atoms with E-state index in [9.17, 15) is 73.3 Å². The van der Waals surface area contributed by atoms with Crippen LogP contribution in [0.15, 0.2) is 279 Å². The fourth-order valence-electron chi connectivity index (χ4n) is 20.9. The van der Waals surface area contributed by atoms with Crippen LogP contribution in [0, 0.1) is 0 Å². The van der Waals surface area contributed by atoms with E-state index >= 15 is 0 Å². The number of ether oxygens (including phenoxy) is 4. The maximum atomic E-state index is 13.4. The lowest BCUT2D eigenvalue weighted by molar-refractivity contribution is -0.119. The number of carbonyl (C=O) groups is 4. The minimum atomic E-state index is -3.69. The molecule has 0 spiro atoms. The number of hydrogen-bond donors (Lipinski definition) is 8. The van der Waals surface area contributed by atoms with E-state index in [0.717, 1.165) is 137 Å². The van der Waals surface area contributed by atoms with Crippen LogP contribution in [0.3, 0.4) is 0 Å². The first-order chi connectivity index (χ1) is 72.2. The number of halogens is 1. The number of sulfonamides is 4. The SMILES string of the molecule is CC1(C)Oc2ccc(C3(C(=O)Nc4cccc(-c5ccc(S(=O)(=O)N6CCC[C@@H]6CO)cc5)n4)CC3)cc2O1.COc1ccc(C2(C(=O)Nc3cccc(-c4ccc(S(=O)(=O)N5CCC[C@@H]5CO)cc4)n3)CC2)cc1Cl.O=C(Nc1cccc(-c2ccc(S(=O)(=O)N3CCC[C@@H]3CO)cc2)n1)C1(c2ccc3c(c2)CCO3)CC1.O=C(Nc1cccc(-c2ccc(S(=O)(=O)N3CCC[C@@H]3CO)cc2)n1)C1(c2ccc3occc3c2)CC1.[HH].[HH].[HH].[HH]. The van der Waals surface area contributed by atoms with Gasteiger partial charge in [0.05, 0.1) is 115 Å². The Kier molecular flexibility index (Phi) is 29.2. The van der Waals surface area contributed by atoms with Crippen molar-refractivity contribution in [2.45, 2.75) is 194 Å². The Balaban J connectivity index is 0.000000144. The lowest BCUT2D eigenvalue weighted by Gasteiger charge is -2.22. The highest BCUT2D eigenvalue weighted by atomic mass is 35.5. The smallest absolute Gasteiger partial charge is 0.246 e. The molecule has 5 aromatic heterocycles. The molecule has 38 heteroatoms. The molecule has 6 aliphatic heterocycles. The van der Waals surface area contributed by atoms with Crippen LogP contribution in [0.1, 0.15) is 150 Å². The molecule has 8 aromatic carbocycles. The Labute approximate surface area is 881 Å². The Morgan fingerprint density at radius 2 is 0.700 bits per heavy atom. The summed E-state index contributed by atoms with van der Waals surface area (Å²) in [4.78, 5) is 72.4. The number of aliphatic hydroxyl groups excluding tert-OH is 4. The van der Waals surface area contributed by atoms with E-state index in [1.54, 1.807) is 165 Å². The summed E-state index contributed by atoms with van der Waals surface area (Å²) in [5.74, 6) is 3.33. The molecule has 11 heterocycles. The van der Waals surface area contributed by atoms with Crippen molar-refractivity contribution in [1.82, 2.24) is 37.2 Å². The number of nitrogens with one attached hydrogen (secondary N) is 4. The number of hydrogen-bond acceptors (Lipinski definition) is 25. The fourth-order valence-corrected chi connectivity index (χ4v) is 27.9. The van der Waals surface area contributed by atoms with Crippen molar-refractivity contribution in [1.29, 1.82) is 0 Å². The monoisotopic (exact) mass is 2130 g/mol. The van der Waals surface area contributed by atoms with Crippen molar-refractivity contribution in [3.63, 3.8) is 0 Å². The second-order valence-electron chi connectivity index (χ2n) is 40.0. The molecular formula is C112H123ClN12O21S4. The summed E-state index contributed by atoms with van der Waals surface area (Å²) in [6.45, 7) is 5.28. The number of methoxy groups -OCH3 is 1. The normalized spacial score (nSPS) is 19.9. The molecule has 0 unspecified atom stereocenters. The zero-order valence-electron chi connectivity index (χ0n) is 82.8. The molecule has 4 saturated heterocycles. The predicted octanol–water partition coefficient (Wildman–Crippen LogP) is 17.1. The predicted molar refractivity (Wildman–Crippen MR) is 573 cm³/mol. The quantitative estimate of drug-likeness (QED) is 0.0216. The summed E-state index contributed by atoms with van der Waals surface area (Å²) in [6, 6.07) is 71.0. The first kappa shape index (κ1) is 104. The molecule has 10 aliphatic rings. The van der Waals surface area contributed by atoms with Crippen LogP contribution in [0.5, 0.6) is 23.0 Å². The number of rotatable bonds is 29. The van der Waals surface area contributed by atoms with Crippen molar-refractivity contribution in [2.24, 2.45) is 0 Å². The van der Waals surface area contributed by atoms with Gasteiger partial charge in [-0.2, -0.15) is 17.2 Å². The number of amides is 4. The molecule has 0 bridgehead atoms. The van der Waals surface area contributed by atoms with Crippen LogP contribution in [-0.2, 0) is 87.4 Å². The average Bonchev–Trinajstić information content (AvgIpc) is 1.60. The van der Waals surface area contributed by atoms with Crippen molar-refractivity contribution in [3.05, 3.63) is 288 Å². The van der Waals surface area contributed by atoms with E-state index in [1.165, 1.54) is 17.2 Å². The molecule has 4 atom stereocenters. The third-order valence-corrected chi connectivity index (χ3v) is 38.2. The lowest BCUT2D eigenvalue weighted by atomic mass is 9.93. The summed E-state index contributed by atoms with van der Waals surface area (Å²) >= 11 is 6.29. The van der Waals surface area contributed by atoms with Crippen molar-refractivity contribution in [3.8, 4) is 68.0 Å². The molecule has 4 aliphatic carbocycles. The zero-order valence-corrected chi connectivity index (χ0v) is 86.8. The fraction of sp³-hybridized carbons (Fsp3) is 0.339. The summed E-state index contributed by atoms with van der Waals surface area (Å²) in [6.07, 6.45) is 14.1. The van der Waals surface area contributed by atoms with Crippen LogP contribution in [0.2, 0.25) is 5.02 Å². The largest absolute Gasteiger partial charge is 0.495 e. The molecule has 4 saturated carbocycles. The number of aliphatic hydroxyl groups is 4. The second kappa shape index (κ2) is 42.2. The van der Waals surface area contributed by atoms with E-state index in [0.29, 0.717) is 140 Å². The van der Waals surface area contributed by atoms with E-state index in [-0.39, 0.29) is 99.5 Å². The summed E-state index contributed by atoms with van der Waals surface area (Å²) in [7, 11) is -13.2. The number of fused-ring (bicyclic) bond motifs is 3. The van der Waals surface area contributed by atoms with Gasteiger partial charge in [0.2, 0.25) is 69.5 Å². The molecule has 13 aromatic rings. The third kappa shape index (κ3) is 21.0. The summed E-state index contributed by atoms with van der Waals surface area (Å²) < 4.78 is 138. The molecule has 0 radical (unpaired) electrons. The van der Waals surface area contributed by atoms with E-state index in [1.807, 2.05) is 105 Å². The van der Waals surface area contributed by atoms with Gasteiger partial charge in [-0.25, -0.2) is 53.6 Å². The van der Waals surface area contributed by atoms with Gasteiger partial charge in [-0.1, -0.05) is 115 Å². The van der Waals surface area contributed by atoms with Gasteiger partial charge in [0.25, 0.3) is 0 Å². The van der Waals surface area contributed by atoms with Crippen LogP contribution >= 0.6 is 11.6 Å². The van der Waals surface area contributed by atoms with Gasteiger partial charge < -0.3 is 65.1 Å². The number of furan rings is 1. The highest BCUT2D eigenvalue weighted by Gasteiger charge is 2.56. The molecule has 4 amide bonds. The Bertz CT molecular complexity index is 7830. The number of anilines is 4. The lowest BCUT2D eigenvalue weighted by Crippen LogP contribution is -2.37. The molecule has 788 valence electrons. The number of pyridine rings is 4. The minimum Gasteiger partial charge on any atom is -0.495 e. The maximum Gasteiger partial charge on any atom is 0.246 e. The van der Waals surface area contributed by atoms with Crippen LogP contribution < -0.4 is 40.2 Å². The molecule has 33 nitrogen and oxygen atoms in total. The highest BCUT2D eigenvalue weighted by Crippen LogP contribution is 2.55. The molecule has 150 heavy (non-hydrogen) atoms. The first-order valence-corrected chi connectivity index (χ1v) is 56.5. The highest BCUT2D eigenvalue weighted by molar-refractivity contribution is 7.90. The Morgan fingerprint density at radius 1 is 0.387 bits per heavy atom. The Morgan fingerprint density at radius 3 is 1.03 bits per heavy atom. The molecule has 23 rings (SSSR count). The van der Waals surface area contributed by atoms with Crippen LogP contribution in [-0.4, -0.2) is 211 Å². The maximum absolute atomic E-state index is 13.4. The number of carbonyl (C=O) groups excluding carboxylic acids is 4. The second-order valence-corrected chi connectivity index (χ2v) is 47.9. The third-order valence-electron chi connectivity index (χ3n) is 30.0. The van der Waals surface area contributed by atoms with Crippen LogP contribution in [0.25, 0.3) is 56.0 Å². The zero-order chi connectivity index (χ0) is 105.